The van der Waals surface area contributed by atoms with Gasteiger partial charge in [0.2, 0.25) is 0 Å². The maximum absolute atomic E-state index is 8.33. The third-order valence-corrected chi connectivity index (χ3v) is 1.01. The standard InChI is InChI=1S/C6H7N3/c1-6(2)8-4-5(3-7)9-6/h4H,1-2H3. The van der Waals surface area contributed by atoms with E-state index in [2.05, 4.69) is 9.98 Å². The van der Waals surface area contributed by atoms with Crippen molar-refractivity contribution in [3.05, 3.63) is 0 Å². The molecule has 1 rings (SSSR count). The molecule has 0 spiro atoms. The highest BCUT2D eigenvalue weighted by molar-refractivity contribution is 6.39. The highest BCUT2D eigenvalue weighted by atomic mass is 15.1. The van der Waals surface area contributed by atoms with Crippen LogP contribution in [0.25, 0.3) is 0 Å². The van der Waals surface area contributed by atoms with Crippen molar-refractivity contribution in [3.8, 4) is 6.07 Å². The Kier molecular flexibility index (Phi) is 1.10. The summed E-state index contributed by atoms with van der Waals surface area (Å²) in [7, 11) is 0. The number of hydrogen-bond acceptors (Lipinski definition) is 3. The van der Waals surface area contributed by atoms with E-state index in [9.17, 15) is 0 Å². The minimum atomic E-state index is -0.398. The van der Waals surface area contributed by atoms with Crippen molar-refractivity contribution in [3.63, 3.8) is 0 Å². The van der Waals surface area contributed by atoms with E-state index in [-0.39, 0.29) is 0 Å². The molecule has 0 aromatic rings. The lowest BCUT2D eigenvalue weighted by Gasteiger charge is -2.06. The molecule has 0 unspecified atom stereocenters. The summed E-state index contributed by atoms with van der Waals surface area (Å²) in [6.07, 6.45) is 1.50. The number of nitrogens with zero attached hydrogens (tertiary/aromatic N) is 3. The minimum Gasteiger partial charge on any atom is -0.261 e. The molecule has 1 aliphatic rings. The van der Waals surface area contributed by atoms with Gasteiger partial charge in [0.25, 0.3) is 0 Å². The molecule has 0 amide bonds. The average molecular weight is 121 g/mol. The number of nitriles is 1. The second-order valence-electron chi connectivity index (χ2n) is 2.36. The zero-order chi connectivity index (χ0) is 6.91. The maximum atomic E-state index is 8.33. The Balaban J connectivity index is 2.90. The van der Waals surface area contributed by atoms with E-state index in [0.29, 0.717) is 5.71 Å². The molecule has 0 bridgehead atoms. The van der Waals surface area contributed by atoms with Gasteiger partial charge < -0.3 is 0 Å². The smallest absolute Gasteiger partial charge is 0.155 e. The van der Waals surface area contributed by atoms with Gasteiger partial charge in [0.1, 0.15) is 11.7 Å². The normalized spacial score (nSPS) is 21.2. The molecule has 9 heavy (non-hydrogen) atoms. The predicted molar refractivity (Wildman–Crippen MR) is 35.6 cm³/mol. The summed E-state index contributed by atoms with van der Waals surface area (Å²) < 4.78 is 0. The van der Waals surface area contributed by atoms with Crippen molar-refractivity contribution >= 4 is 11.9 Å². The van der Waals surface area contributed by atoms with Crippen molar-refractivity contribution < 1.29 is 0 Å². The zero-order valence-corrected chi connectivity index (χ0v) is 5.42. The summed E-state index contributed by atoms with van der Waals surface area (Å²) in [6, 6.07) is 1.92. The molecule has 0 radical (unpaired) electrons. The Morgan fingerprint density at radius 2 is 2.33 bits per heavy atom. The van der Waals surface area contributed by atoms with E-state index in [1.807, 2.05) is 19.9 Å². The molecule has 0 atom stereocenters. The van der Waals surface area contributed by atoms with Crippen LogP contribution in [0.3, 0.4) is 0 Å². The molecule has 1 aliphatic heterocycles. The van der Waals surface area contributed by atoms with Crippen LogP contribution in [0, 0.1) is 11.3 Å². The Bertz CT molecular complexity index is 217. The lowest BCUT2D eigenvalue weighted by Crippen LogP contribution is -2.08. The summed E-state index contributed by atoms with van der Waals surface area (Å²) in [5.41, 5.74) is 0.0189. The van der Waals surface area contributed by atoms with Crippen LogP contribution in [0.2, 0.25) is 0 Å². The van der Waals surface area contributed by atoms with Crippen molar-refractivity contribution in [1.82, 2.24) is 0 Å². The van der Waals surface area contributed by atoms with Crippen LogP contribution >= 0.6 is 0 Å². The second kappa shape index (κ2) is 1.66. The van der Waals surface area contributed by atoms with Crippen LogP contribution in [0.4, 0.5) is 0 Å². The third-order valence-electron chi connectivity index (χ3n) is 1.01. The van der Waals surface area contributed by atoms with Crippen LogP contribution in [-0.4, -0.2) is 17.6 Å². The third kappa shape index (κ3) is 1.14. The van der Waals surface area contributed by atoms with Crippen LogP contribution in [0.1, 0.15) is 13.8 Å². The Labute approximate surface area is 53.7 Å². The fraction of sp³-hybridized carbons (Fsp3) is 0.500. The van der Waals surface area contributed by atoms with Gasteiger partial charge in [-0.05, 0) is 13.8 Å². The van der Waals surface area contributed by atoms with E-state index < -0.39 is 5.66 Å². The van der Waals surface area contributed by atoms with Crippen molar-refractivity contribution in [2.24, 2.45) is 9.98 Å². The molecule has 0 saturated heterocycles. The molecule has 3 heteroatoms. The second-order valence-corrected chi connectivity index (χ2v) is 2.36. The SMILES string of the molecule is CC1(C)N=CC(C#N)=N1. The summed E-state index contributed by atoms with van der Waals surface area (Å²) >= 11 is 0. The molecule has 0 saturated carbocycles. The summed E-state index contributed by atoms with van der Waals surface area (Å²) in [5, 5.41) is 8.33. The van der Waals surface area contributed by atoms with Gasteiger partial charge in [0, 0.05) is 0 Å². The van der Waals surface area contributed by atoms with E-state index in [1.54, 1.807) is 0 Å². The monoisotopic (exact) mass is 121 g/mol. The fourth-order valence-electron chi connectivity index (χ4n) is 0.625. The van der Waals surface area contributed by atoms with Gasteiger partial charge in [0.15, 0.2) is 5.71 Å². The molecule has 3 nitrogen and oxygen atoms in total. The van der Waals surface area contributed by atoms with E-state index in [1.165, 1.54) is 6.21 Å². The zero-order valence-electron chi connectivity index (χ0n) is 5.42. The summed E-state index contributed by atoms with van der Waals surface area (Å²) in [4.78, 5) is 7.94. The van der Waals surface area contributed by atoms with Gasteiger partial charge >= 0.3 is 0 Å². The van der Waals surface area contributed by atoms with Crippen LogP contribution < -0.4 is 0 Å². The van der Waals surface area contributed by atoms with Gasteiger partial charge in [-0.15, -0.1) is 0 Å². The van der Waals surface area contributed by atoms with Crippen LogP contribution in [0.5, 0.6) is 0 Å². The van der Waals surface area contributed by atoms with Crippen LogP contribution in [-0.2, 0) is 0 Å². The van der Waals surface area contributed by atoms with E-state index >= 15 is 0 Å². The maximum Gasteiger partial charge on any atom is 0.155 e. The fourth-order valence-corrected chi connectivity index (χ4v) is 0.625. The molecule has 0 aromatic carbocycles. The lowest BCUT2D eigenvalue weighted by atomic mass is 10.3. The molecular weight excluding hydrogens is 114 g/mol. The van der Waals surface area contributed by atoms with Crippen molar-refractivity contribution in [1.29, 1.82) is 5.26 Å². The molecule has 1 heterocycles. The molecule has 0 fully saturated rings. The first kappa shape index (κ1) is 5.96. The quantitative estimate of drug-likeness (QED) is 0.467. The Morgan fingerprint density at radius 3 is 2.56 bits per heavy atom. The van der Waals surface area contributed by atoms with E-state index in [4.69, 9.17) is 5.26 Å². The van der Waals surface area contributed by atoms with Crippen molar-refractivity contribution in [2.45, 2.75) is 19.5 Å². The first-order valence-corrected chi connectivity index (χ1v) is 2.69. The highest BCUT2D eigenvalue weighted by Gasteiger charge is 2.18. The first-order valence-electron chi connectivity index (χ1n) is 2.69. The van der Waals surface area contributed by atoms with E-state index in [0.717, 1.165) is 0 Å². The van der Waals surface area contributed by atoms with Gasteiger partial charge in [-0.1, -0.05) is 0 Å². The van der Waals surface area contributed by atoms with Gasteiger partial charge in [-0.25, -0.2) is 4.99 Å². The predicted octanol–water partition coefficient (Wildman–Crippen LogP) is 0.771. The molecule has 46 valence electrons. The Hall–Kier alpha value is -1.17. The van der Waals surface area contributed by atoms with Gasteiger partial charge in [-0.2, -0.15) is 5.26 Å². The van der Waals surface area contributed by atoms with Gasteiger partial charge in [0.05, 0.1) is 6.21 Å². The van der Waals surface area contributed by atoms with Gasteiger partial charge in [-0.3, -0.25) is 4.99 Å². The van der Waals surface area contributed by atoms with Crippen LogP contribution in [0.15, 0.2) is 9.98 Å². The minimum absolute atomic E-state index is 0.398. The topological polar surface area (TPSA) is 48.5 Å². The highest BCUT2D eigenvalue weighted by Crippen LogP contribution is 2.13. The summed E-state index contributed by atoms with van der Waals surface area (Å²) in [5.74, 6) is 0. The van der Waals surface area contributed by atoms with Crippen molar-refractivity contribution in [2.75, 3.05) is 0 Å². The number of hydrogen-bond donors (Lipinski definition) is 0. The largest absolute Gasteiger partial charge is 0.261 e. The number of aliphatic imine (C=N–C) groups is 2. The number of rotatable bonds is 0. The summed E-state index contributed by atoms with van der Waals surface area (Å²) in [6.45, 7) is 3.71. The average Bonchev–Trinajstić information content (AvgIpc) is 2.10. The lowest BCUT2D eigenvalue weighted by molar-refractivity contribution is 0.568. The molecule has 0 aliphatic carbocycles. The molecule has 0 N–H and O–H groups in total. The Morgan fingerprint density at radius 1 is 1.67 bits per heavy atom. The molecular formula is C6H7N3. The first-order chi connectivity index (χ1) is 4.14. The molecule has 0 aromatic heterocycles.